The minimum atomic E-state index is -0.878. The Morgan fingerprint density at radius 1 is 1.07 bits per heavy atom. The molecule has 0 bridgehead atoms. The molecule has 2 aromatic rings. The van der Waals surface area contributed by atoms with Crippen molar-refractivity contribution in [2.75, 3.05) is 6.54 Å². The van der Waals surface area contributed by atoms with Crippen molar-refractivity contribution < 1.29 is 29.0 Å². The van der Waals surface area contributed by atoms with Crippen molar-refractivity contribution >= 4 is 35.0 Å². The van der Waals surface area contributed by atoms with Crippen molar-refractivity contribution in [3.8, 4) is 10.4 Å². The molecule has 5 N–H and O–H groups in total. The van der Waals surface area contributed by atoms with Crippen LogP contribution in [0.4, 0.5) is 0 Å². The summed E-state index contributed by atoms with van der Waals surface area (Å²) in [5.41, 5.74) is 8.62. The van der Waals surface area contributed by atoms with E-state index in [0.29, 0.717) is 5.69 Å². The fraction of sp³-hybridized carbons (Fsp3) is 0.606. The molecule has 1 aliphatic rings. The molecule has 3 rings (SSSR count). The zero-order valence-electron chi connectivity index (χ0n) is 27.8. The molecular formula is C33H49N5O6S. The third-order valence-electron chi connectivity index (χ3n) is 7.95. The number of aliphatic hydroxyl groups excluding tert-OH is 1. The van der Waals surface area contributed by atoms with Crippen LogP contribution in [0.5, 0.6) is 0 Å². The number of aromatic nitrogens is 1. The number of likely N-dealkylation sites (tertiary alicyclic amines) is 1. The lowest BCUT2D eigenvalue weighted by Crippen LogP contribution is -2.59. The number of thiazole rings is 1. The molecule has 248 valence electrons. The Bertz CT molecular complexity index is 1360. The Morgan fingerprint density at radius 2 is 1.69 bits per heavy atom. The lowest BCUT2D eigenvalue weighted by molar-refractivity contribution is -0.147. The van der Waals surface area contributed by atoms with Crippen molar-refractivity contribution in [3.05, 3.63) is 41.0 Å². The molecule has 1 aliphatic heterocycles. The lowest BCUT2D eigenvalue weighted by Gasteiger charge is -2.36. The molecule has 0 radical (unpaired) electrons. The molecule has 1 aromatic carbocycles. The first-order valence-electron chi connectivity index (χ1n) is 15.4. The first-order chi connectivity index (χ1) is 20.8. The molecule has 1 aromatic heterocycles. The molecule has 1 fully saturated rings. The van der Waals surface area contributed by atoms with Crippen molar-refractivity contribution in [1.82, 2.24) is 20.5 Å². The smallest absolute Gasteiger partial charge is 0.323 e. The third kappa shape index (κ3) is 9.11. The van der Waals surface area contributed by atoms with Gasteiger partial charge in [0, 0.05) is 18.4 Å². The molecule has 0 aliphatic carbocycles. The van der Waals surface area contributed by atoms with Crippen LogP contribution in [0.3, 0.4) is 0 Å². The number of nitrogens with two attached hydrogens (primary N) is 1. The first kappa shape index (κ1) is 36.1. The highest BCUT2D eigenvalue weighted by Crippen LogP contribution is 2.31. The molecule has 3 amide bonds. The monoisotopic (exact) mass is 643 g/mol. The van der Waals surface area contributed by atoms with Crippen molar-refractivity contribution in [3.63, 3.8) is 0 Å². The van der Waals surface area contributed by atoms with Gasteiger partial charge in [-0.05, 0) is 29.4 Å². The predicted molar refractivity (Wildman–Crippen MR) is 174 cm³/mol. The number of carbonyl (C=O) groups excluding carboxylic acids is 4. The maximum Gasteiger partial charge on any atom is 0.323 e. The second-order valence-electron chi connectivity index (χ2n) is 14.3. The number of ether oxygens (including phenoxy) is 1. The summed E-state index contributed by atoms with van der Waals surface area (Å²) in [6.07, 6.45) is -0.749. The van der Waals surface area contributed by atoms with Gasteiger partial charge in [0.1, 0.15) is 24.7 Å². The second-order valence-corrected chi connectivity index (χ2v) is 15.1. The van der Waals surface area contributed by atoms with E-state index in [0.717, 1.165) is 16.0 Å². The van der Waals surface area contributed by atoms with E-state index >= 15 is 0 Å². The summed E-state index contributed by atoms with van der Waals surface area (Å²) < 4.78 is 5.39. The molecule has 4 unspecified atom stereocenters. The number of aliphatic hydroxyl groups is 1. The maximum atomic E-state index is 13.8. The molecular weight excluding hydrogens is 594 g/mol. The van der Waals surface area contributed by atoms with Gasteiger partial charge < -0.3 is 31.1 Å². The number of esters is 1. The van der Waals surface area contributed by atoms with E-state index < -0.39 is 46.9 Å². The van der Waals surface area contributed by atoms with E-state index in [-0.39, 0.29) is 43.3 Å². The SMILES string of the molecule is CC(NC(=O)C1CC(O)CN1C(=O)C(NC(=O)C(C)(C)C)C(C)(C)C)c1ccc(-c2scnc2COC(=O)[C@@H](N)C(C)C)cc1. The summed E-state index contributed by atoms with van der Waals surface area (Å²) in [4.78, 5) is 58.9. The van der Waals surface area contributed by atoms with Crippen molar-refractivity contribution in [2.45, 2.75) is 106 Å². The molecule has 0 spiro atoms. The number of hydrogen-bond donors (Lipinski definition) is 4. The summed E-state index contributed by atoms with van der Waals surface area (Å²) in [5, 5.41) is 16.4. The lowest BCUT2D eigenvalue weighted by atomic mass is 9.84. The van der Waals surface area contributed by atoms with Crippen LogP contribution in [0.1, 0.15) is 86.0 Å². The second kappa shape index (κ2) is 14.4. The highest BCUT2D eigenvalue weighted by molar-refractivity contribution is 7.13. The first-order valence-corrected chi connectivity index (χ1v) is 16.2. The molecule has 11 nitrogen and oxygen atoms in total. The zero-order valence-corrected chi connectivity index (χ0v) is 28.7. The van der Waals surface area contributed by atoms with Gasteiger partial charge in [-0.25, -0.2) is 4.98 Å². The van der Waals surface area contributed by atoms with Gasteiger partial charge in [-0.2, -0.15) is 0 Å². The summed E-state index contributed by atoms with van der Waals surface area (Å²) in [5.74, 6) is -1.55. The Kier molecular flexibility index (Phi) is 11.5. The van der Waals surface area contributed by atoms with Crippen molar-refractivity contribution in [1.29, 1.82) is 0 Å². The van der Waals surface area contributed by atoms with Gasteiger partial charge in [0.2, 0.25) is 17.7 Å². The maximum absolute atomic E-state index is 13.8. The summed E-state index contributed by atoms with van der Waals surface area (Å²) in [6, 6.07) is 4.78. The van der Waals surface area contributed by atoms with Gasteiger partial charge in [-0.15, -0.1) is 11.3 Å². The Labute approximate surface area is 270 Å². The van der Waals surface area contributed by atoms with Crippen LogP contribution in [0.25, 0.3) is 10.4 Å². The normalized spacial score (nSPS) is 19.2. The Morgan fingerprint density at radius 3 is 2.24 bits per heavy atom. The molecule has 2 heterocycles. The van der Waals surface area contributed by atoms with Gasteiger partial charge in [-0.3, -0.25) is 19.2 Å². The fourth-order valence-corrected chi connectivity index (χ4v) is 5.70. The fourth-order valence-electron chi connectivity index (χ4n) is 4.90. The average Bonchev–Trinajstić information content (AvgIpc) is 3.59. The number of β-amino-alcohol motifs (C(OH)–C–C–N with tert-alkyl or cyclic N) is 1. The van der Waals surface area contributed by atoms with Crippen LogP contribution < -0.4 is 16.4 Å². The number of benzene rings is 1. The van der Waals surface area contributed by atoms with Crippen LogP contribution >= 0.6 is 11.3 Å². The quantitative estimate of drug-likeness (QED) is 0.286. The summed E-state index contributed by atoms with van der Waals surface area (Å²) in [7, 11) is 0. The Balaban J connectivity index is 1.70. The van der Waals surface area contributed by atoms with E-state index in [1.807, 2.05) is 65.8 Å². The van der Waals surface area contributed by atoms with Crippen molar-refractivity contribution in [2.24, 2.45) is 22.5 Å². The summed E-state index contributed by atoms with van der Waals surface area (Å²) >= 11 is 1.43. The number of rotatable bonds is 10. The topological polar surface area (TPSA) is 164 Å². The van der Waals surface area contributed by atoms with E-state index in [1.54, 1.807) is 26.3 Å². The number of hydrogen-bond acceptors (Lipinski definition) is 9. The predicted octanol–water partition coefficient (Wildman–Crippen LogP) is 3.55. The van der Waals surface area contributed by atoms with Crippen LogP contribution in [0.15, 0.2) is 29.8 Å². The van der Waals surface area contributed by atoms with E-state index in [9.17, 15) is 24.3 Å². The molecule has 1 saturated heterocycles. The number of nitrogens with one attached hydrogen (secondary N) is 2. The minimum absolute atomic E-state index is 0.00780. The molecule has 0 saturated carbocycles. The van der Waals surface area contributed by atoms with Crippen LogP contribution in [-0.2, 0) is 30.5 Å². The standard InChI is InChI=1S/C33H49N5O6S/c1-18(2)25(34)30(42)44-16-23-26(45-17-35-23)21-12-10-20(11-13-21)19(3)36-28(40)24-14-22(39)15-38(24)29(41)27(32(4,5)6)37-31(43)33(7,8)9/h10-13,17-19,22,24-25,27,39H,14-16,34H2,1-9H3,(H,36,40)(H,37,43)/t19?,22?,24?,25-,27?/m0/s1. The summed E-state index contributed by atoms with van der Waals surface area (Å²) in [6.45, 7) is 16.5. The van der Waals surface area contributed by atoms with Gasteiger partial charge in [-0.1, -0.05) is 79.7 Å². The van der Waals surface area contributed by atoms with E-state index in [1.165, 1.54) is 16.2 Å². The van der Waals surface area contributed by atoms with Gasteiger partial charge in [0.25, 0.3) is 0 Å². The van der Waals surface area contributed by atoms with Gasteiger partial charge in [0.15, 0.2) is 0 Å². The number of nitrogens with zero attached hydrogens (tertiary/aromatic N) is 2. The van der Waals surface area contributed by atoms with Gasteiger partial charge >= 0.3 is 5.97 Å². The van der Waals surface area contributed by atoms with Gasteiger partial charge in [0.05, 0.1) is 28.2 Å². The third-order valence-corrected chi connectivity index (χ3v) is 8.87. The average molecular weight is 644 g/mol. The van der Waals surface area contributed by atoms with Crippen LogP contribution in [0, 0.1) is 16.7 Å². The molecule has 12 heteroatoms. The van der Waals surface area contributed by atoms with Crippen LogP contribution in [0.2, 0.25) is 0 Å². The number of amides is 3. The molecule has 5 atom stereocenters. The highest BCUT2D eigenvalue weighted by atomic mass is 32.1. The Hall–Kier alpha value is -3.35. The number of carbonyl (C=O) groups is 4. The zero-order chi connectivity index (χ0) is 33.9. The van der Waals surface area contributed by atoms with E-state index in [2.05, 4.69) is 15.6 Å². The largest absolute Gasteiger partial charge is 0.458 e. The minimum Gasteiger partial charge on any atom is -0.458 e. The molecule has 45 heavy (non-hydrogen) atoms. The highest BCUT2D eigenvalue weighted by Gasteiger charge is 2.45. The van der Waals surface area contributed by atoms with Crippen LogP contribution in [-0.4, -0.2) is 69.5 Å². The van der Waals surface area contributed by atoms with E-state index in [4.69, 9.17) is 10.5 Å².